The molecule has 0 aliphatic rings. The molecule has 0 saturated carbocycles. The van der Waals surface area contributed by atoms with E-state index in [1.807, 2.05) is 55.4 Å². The second-order valence-corrected chi connectivity index (χ2v) is 9.27. The first-order valence-electron chi connectivity index (χ1n) is 8.45. The van der Waals surface area contributed by atoms with Crippen molar-refractivity contribution in [3.63, 3.8) is 0 Å². The smallest absolute Gasteiger partial charge is 0.266 e. The summed E-state index contributed by atoms with van der Waals surface area (Å²) in [5.41, 5.74) is -0.822. The van der Waals surface area contributed by atoms with Gasteiger partial charge in [0.1, 0.15) is 0 Å². The second kappa shape index (κ2) is 8.81. The summed E-state index contributed by atoms with van der Waals surface area (Å²) in [5.74, 6) is -1.55. The van der Waals surface area contributed by atoms with Gasteiger partial charge in [-0.1, -0.05) is 68.7 Å². The van der Waals surface area contributed by atoms with E-state index in [4.69, 9.17) is 4.89 Å². The van der Waals surface area contributed by atoms with Crippen LogP contribution in [0.5, 0.6) is 0 Å². The molecule has 0 saturated heterocycles. The fourth-order valence-electron chi connectivity index (χ4n) is 3.24. The first kappa shape index (κ1) is 22.9. The van der Waals surface area contributed by atoms with Crippen molar-refractivity contribution in [3.05, 3.63) is 0 Å². The summed E-state index contributed by atoms with van der Waals surface area (Å²) in [6, 6.07) is 0. The molecular formula is C18H34O6. The average molecular weight is 346 g/mol. The topological polar surface area (TPSA) is 71.1 Å². The Labute approximate surface area is 146 Å². The van der Waals surface area contributed by atoms with Gasteiger partial charge in [0.25, 0.3) is 0 Å². The fraction of sp³-hybridized carbons (Fsp3) is 0.889. The third kappa shape index (κ3) is 8.64. The zero-order chi connectivity index (χ0) is 19.2. The third-order valence-corrected chi connectivity index (χ3v) is 3.72. The molecule has 142 valence electrons. The van der Waals surface area contributed by atoms with Gasteiger partial charge in [0, 0.05) is 10.1 Å². The summed E-state index contributed by atoms with van der Waals surface area (Å²) in [6.45, 7) is 17.7. The lowest BCUT2D eigenvalue weighted by molar-refractivity contribution is -0.601. The lowest BCUT2D eigenvalue weighted by Gasteiger charge is -2.40. The molecule has 0 aromatic heterocycles. The Morgan fingerprint density at radius 1 is 0.875 bits per heavy atom. The quantitative estimate of drug-likeness (QED) is 0.358. The van der Waals surface area contributed by atoms with Crippen LogP contribution >= 0.6 is 0 Å². The Bertz CT molecular complexity index is 414. The van der Waals surface area contributed by atoms with Crippen LogP contribution in [0, 0.1) is 22.2 Å². The van der Waals surface area contributed by atoms with Crippen molar-refractivity contribution in [3.8, 4) is 0 Å². The van der Waals surface area contributed by atoms with Crippen LogP contribution in [0.2, 0.25) is 0 Å². The first-order chi connectivity index (χ1) is 10.7. The molecule has 0 aliphatic heterocycles. The number of rotatable bonds is 8. The molecule has 6 nitrogen and oxygen atoms in total. The lowest BCUT2D eigenvalue weighted by Crippen LogP contribution is -2.41. The van der Waals surface area contributed by atoms with Crippen LogP contribution in [-0.2, 0) is 29.4 Å². The molecule has 0 rings (SSSR count). The molecule has 6 heteroatoms. The Balaban J connectivity index is 4.58. The van der Waals surface area contributed by atoms with Crippen molar-refractivity contribution in [1.82, 2.24) is 0 Å². The normalized spacial score (nSPS) is 14.2. The molecule has 0 radical (unpaired) electrons. The van der Waals surface area contributed by atoms with Crippen LogP contribution in [0.25, 0.3) is 0 Å². The summed E-state index contributed by atoms with van der Waals surface area (Å²) in [6.07, 6.45) is 1.97. The second-order valence-electron chi connectivity index (χ2n) is 9.27. The van der Waals surface area contributed by atoms with Gasteiger partial charge < -0.3 is 0 Å². The van der Waals surface area contributed by atoms with E-state index in [0.29, 0.717) is 0 Å². The lowest BCUT2D eigenvalue weighted by atomic mass is 9.64. The standard InChI is InChI=1S/C18H34O6/c1-10-11-18(8,9)14(17(5,6)7)15(20)22-24-23-21-13(19)12-16(2,3)4/h14H,10-12H2,1-9H3. The summed E-state index contributed by atoms with van der Waals surface area (Å²) >= 11 is 0. The van der Waals surface area contributed by atoms with Gasteiger partial charge in [-0.3, -0.25) is 9.78 Å². The Hall–Kier alpha value is -1.14. The highest BCUT2D eigenvalue weighted by Crippen LogP contribution is 2.43. The third-order valence-electron chi connectivity index (χ3n) is 3.72. The van der Waals surface area contributed by atoms with Crippen molar-refractivity contribution >= 4 is 11.9 Å². The van der Waals surface area contributed by atoms with E-state index < -0.39 is 17.9 Å². The van der Waals surface area contributed by atoms with E-state index in [-0.39, 0.29) is 22.7 Å². The number of carbonyl (C=O) groups is 2. The van der Waals surface area contributed by atoms with E-state index >= 15 is 0 Å². The molecule has 0 aromatic carbocycles. The summed E-state index contributed by atoms with van der Waals surface area (Å²) < 4.78 is 0. The SMILES string of the molecule is CCCC(C)(C)C(C(=O)OOOOC(=O)CC(C)(C)C)C(C)(C)C. The van der Waals surface area contributed by atoms with Crippen LogP contribution < -0.4 is 0 Å². The van der Waals surface area contributed by atoms with Gasteiger partial charge >= 0.3 is 11.9 Å². The zero-order valence-corrected chi connectivity index (χ0v) is 16.6. The highest BCUT2D eigenvalue weighted by atomic mass is 17.7. The van der Waals surface area contributed by atoms with Crippen LogP contribution in [0.1, 0.15) is 81.6 Å². The minimum absolute atomic E-state index is 0.151. The molecule has 1 unspecified atom stereocenters. The van der Waals surface area contributed by atoms with Gasteiger partial charge in [0.05, 0.1) is 12.3 Å². The van der Waals surface area contributed by atoms with Gasteiger partial charge in [-0.05, 0) is 22.7 Å². The van der Waals surface area contributed by atoms with Gasteiger partial charge in [-0.25, -0.2) is 9.59 Å². The van der Waals surface area contributed by atoms with E-state index in [0.717, 1.165) is 12.8 Å². The Kier molecular flexibility index (Phi) is 8.39. The van der Waals surface area contributed by atoms with Crippen LogP contribution in [-0.4, -0.2) is 11.9 Å². The fourth-order valence-corrected chi connectivity index (χ4v) is 3.24. The molecule has 0 bridgehead atoms. The summed E-state index contributed by atoms with van der Waals surface area (Å²) in [5, 5.41) is 8.59. The van der Waals surface area contributed by atoms with Crippen molar-refractivity contribution < 1.29 is 29.4 Å². The molecule has 0 aliphatic carbocycles. The molecule has 0 fully saturated rings. The molecule has 0 N–H and O–H groups in total. The van der Waals surface area contributed by atoms with E-state index in [9.17, 15) is 9.59 Å². The van der Waals surface area contributed by atoms with E-state index in [1.165, 1.54) is 0 Å². The number of hydrogen-bond donors (Lipinski definition) is 0. The molecule has 0 heterocycles. The van der Waals surface area contributed by atoms with Crippen molar-refractivity contribution in [2.24, 2.45) is 22.2 Å². The van der Waals surface area contributed by atoms with Crippen molar-refractivity contribution in [2.75, 3.05) is 0 Å². The molecule has 24 heavy (non-hydrogen) atoms. The predicted octanol–water partition coefficient (Wildman–Crippen LogP) is 4.78. The van der Waals surface area contributed by atoms with Crippen LogP contribution in [0.3, 0.4) is 0 Å². The Morgan fingerprint density at radius 3 is 1.79 bits per heavy atom. The highest BCUT2D eigenvalue weighted by Gasteiger charge is 2.44. The summed E-state index contributed by atoms with van der Waals surface area (Å²) in [7, 11) is 0. The monoisotopic (exact) mass is 346 g/mol. The maximum absolute atomic E-state index is 12.4. The molecule has 0 amide bonds. The minimum atomic E-state index is -0.600. The van der Waals surface area contributed by atoms with Crippen molar-refractivity contribution in [1.29, 1.82) is 0 Å². The summed E-state index contributed by atoms with van der Waals surface area (Å²) in [4.78, 5) is 33.0. The largest absolute Gasteiger partial charge is 0.349 e. The highest BCUT2D eigenvalue weighted by molar-refractivity contribution is 5.73. The maximum Gasteiger partial charge on any atom is 0.349 e. The predicted molar refractivity (Wildman–Crippen MR) is 90.1 cm³/mol. The van der Waals surface area contributed by atoms with Crippen LogP contribution in [0.4, 0.5) is 0 Å². The van der Waals surface area contributed by atoms with Crippen molar-refractivity contribution in [2.45, 2.75) is 81.6 Å². The van der Waals surface area contributed by atoms with Gasteiger partial charge in [-0.2, -0.15) is 0 Å². The van der Waals surface area contributed by atoms with Gasteiger partial charge in [0.15, 0.2) is 0 Å². The maximum atomic E-state index is 12.4. The number of carbonyl (C=O) groups excluding carboxylic acids is 2. The van der Waals surface area contributed by atoms with E-state index in [2.05, 4.69) is 21.9 Å². The van der Waals surface area contributed by atoms with Gasteiger partial charge in [-0.15, -0.1) is 0 Å². The Morgan fingerprint density at radius 2 is 1.38 bits per heavy atom. The van der Waals surface area contributed by atoms with Crippen LogP contribution in [0.15, 0.2) is 0 Å². The van der Waals surface area contributed by atoms with Gasteiger partial charge in [0.2, 0.25) is 0 Å². The molecule has 0 aromatic rings. The minimum Gasteiger partial charge on any atom is -0.266 e. The zero-order valence-electron chi connectivity index (χ0n) is 16.6. The number of hydrogen-bond acceptors (Lipinski definition) is 6. The average Bonchev–Trinajstić information content (AvgIpc) is 2.29. The first-order valence-corrected chi connectivity index (χ1v) is 8.45. The molecule has 1 atom stereocenters. The molecular weight excluding hydrogens is 312 g/mol. The molecule has 0 spiro atoms. The van der Waals surface area contributed by atoms with E-state index in [1.54, 1.807) is 0 Å².